The third-order valence-electron chi connectivity index (χ3n) is 2.65. The van der Waals surface area contributed by atoms with Crippen LogP contribution in [0.5, 0.6) is 5.75 Å². The van der Waals surface area contributed by atoms with Gasteiger partial charge in [-0.3, -0.25) is 16.0 Å². The van der Waals surface area contributed by atoms with Crippen LogP contribution >= 0.6 is 0 Å². The molecule has 0 saturated heterocycles. The van der Waals surface area contributed by atoms with Crippen LogP contribution in [0.2, 0.25) is 0 Å². The summed E-state index contributed by atoms with van der Waals surface area (Å²) in [5.74, 6) is 6.34. The van der Waals surface area contributed by atoms with Gasteiger partial charge in [-0.1, -0.05) is 0 Å². The van der Waals surface area contributed by atoms with E-state index in [0.717, 1.165) is 17.9 Å². The van der Waals surface area contributed by atoms with Gasteiger partial charge in [0.15, 0.2) is 5.75 Å². The highest BCUT2D eigenvalue weighted by Crippen LogP contribution is 2.28. The highest BCUT2D eigenvalue weighted by Gasteiger charge is 2.22. The van der Waals surface area contributed by atoms with Crippen LogP contribution < -0.4 is 16.0 Å². The summed E-state index contributed by atoms with van der Waals surface area (Å²) in [7, 11) is 3.31. The van der Waals surface area contributed by atoms with Gasteiger partial charge in [-0.25, -0.2) is 0 Å². The SMILES string of the molecule is COCCC(NN)c1c(OC)cnn1C(C)C. The summed E-state index contributed by atoms with van der Waals surface area (Å²) in [4.78, 5) is 0. The van der Waals surface area contributed by atoms with Gasteiger partial charge in [-0.15, -0.1) is 0 Å². The maximum Gasteiger partial charge on any atom is 0.161 e. The molecule has 1 rings (SSSR count). The Labute approximate surface area is 102 Å². The first-order valence-electron chi connectivity index (χ1n) is 5.72. The number of methoxy groups -OCH3 is 2. The number of hydrogen-bond donors (Lipinski definition) is 2. The predicted octanol–water partition coefficient (Wildman–Crippen LogP) is 1.01. The van der Waals surface area contributed by atoms with Gasteiger partial charge < -0.3 is 9.47 Å². The van der Waals surface area contributed by atoms with E-state index < -0.39 is 0 Å². The van der Waals surface area contributed by atoms with Crippen molar-refractivity contribution in [3.63, 3.8) is 0 Å². The Hall–Kier alpha value is -1.11. The molecule has 1 atom stereocenters. The van der Waals surface area contributed by atoms with Crippen LogP contribution in [0.4, 0.5) is 0 Å². The second kappa shape index (κ2) is 6.58. The van der Waals surface area contributed by atoms with Gasteiger partial charge >= 0.3 is 0 Å². The van der Waals surface area contributed by atoms with Crippen LogP contribution in [0.3, 0.4) is 0 Å². The molecule has 0 amide bonds. The zero-order valence-electron chi connectivity index (χ0n) is 10.9. The predicted molar refractivity (Wildman–Crippen MR) is 65.7 cm³/mol. The van der Waals surface area contributed by atoms with E-state index >= 15 is 0 Å². The van der Waals surface area contributed by atoms with Crippen molar-refractivity contribution in [1.29, 1.82) is 0 Å². The molecule has 0 aliphatic rings. The molecule has 1 unspecified atom stereocenters. The Kier molecular flexibility index (Phi) is 5.40. The average molecular weight is 242 g/mol. The summed E-state index contributed by atoms with van der Waals surface area (Å²) < 4.78 is 12.3. The number of ether oxygens (including phenoxy) is 2. The summed E-state index contributed by atoms with van der Waals surface area (Å²) in [6.45, 7) is 4.76. The van der Waals surface area contributed by atoms with Crippen molar-refractivity contribution in [3.05, 3.63) is 11.9 Å². The van der Waals surface area contributed by atoms with E-state index in [2.05, 4.69) is 24.4 Å². The second-order valence-electron chi connectivity index (χ2n) is 4.14. The van der Waals surface area contributed by atoms with Crippen LogP contribution in [0.15, 0.2) is 6.20 Å². The summed E-state index contributed by atoms with van der Waals surface area (Å²) in [5.41, 5.74) is 3.75. The molecule has 0 fully saturated rings. The van der Waals surface area contributed by atoms with Gasteiger partial charge in [0.05, 0.1) is 25.0 Å². The summed E-state index contributed by atoms with van der Waals surface area (Å²) in [6, 6.07) is 0.224. The van der Waals surface area contributed by atoms with Crippen molar-refractivity contribution in [2.75, 3.05) is 20.8 Å². The molecule has 0 aromatic carbocycles. The number of rotatable bonds is 7. The van der Waals surface area contributed by atoms with E-state index in [9.17, 15) is 0 Å². The first kappa shape index (κ1) is 14.0. The normalized spacial score (nSPS) is 13.1. The van der Waals surface area contributed by atoms with Gasteiger partial charge in [0.25, 0.3) is 0 Å². The van der Waals surface area contributed by atoms with Crippen LogP contribution in [0.25, 0.3) is 0 Å². The lowest BCUT2D eigenvalue weighted by molar-refractivity contribution is 0.180. The van der Waals surface area contributed by atoms with Crippen LogP contribution in [0, 0.1) is 0 Å². The highest BCUT2D eigenvalue weighted by molar-refractivity contribution is 5.28. The molecule has 6 nitrogen and oxygen atoms in total. The molecule has 0 spiro atoms. The summed E-state index contributed by atoms with van der Waals surface area (Å²) in [6.07, 6.45) is 2.48. The molecular weight excluding hydrogens is 220 g/mol. The number of nitrogens with zero attached hydrogens (tertiary/aromatic N) is 2. The van der Waals surface area contributed by atoms with E-state index in [-0.39, 0.29) is 12.1 Å². The highest BCUT2D eigenvalue weighted by atomic mass is 16.5. The first-order chi connectivity index (χ1) is 8.15. The second-order valence-corrected chi connectivity index (χ2v) is 4.14. The van der Waals surface area contributed by atoms with Crippen molar-refractivity contribution in [2.45, 2.75) is 32.4 Å². The van der Waals surface area contributed by atoms with Crippen LogP contribution in [0.1, 0.15) is 38.0 Å². The fourth-order valence-electron chi connectivity index (χ4n) is 1.79. The largest absolute Gasteiger partial charge is 0.493 e. The minimum Gasteiger partial charge on any atom is -0.493 e. The van der Waals surface area contributed by atoms with Crippen molar-refractivity contribution in [1.82, 2.24) is 15.2 Å². The van der Waals surface area contributed by atoms with Crippen molar-refractivity contribution in [2.24, 2.45) is 5.84 Å². The molecule has 0 radical (unpaired) electrons. The lowest BCUT2D eigenvalue weighted by atomic mass is 10.1. The van der Waals surface area contributed by atoms with Crippen LogP contribution in [-0.4, -0.2) is 30.6 Å². The standard InChI is InChI=1S/C11H22N4O2/c1-8(2)15-11(10(17-4)7-13-15)9(14-12)5-6-16-3/h7-9,14H,5-6,12H2,1-4H3. The Bertz CT molecular complexity index is 338. The first-order valence-corrected chi connectivity index (χ1v) is 5.72. The minimum atomic E-state index is -0.0326. The topological polar surface area (TPSA) is 74.3 Å². The zero-order valence-corrected chi connectivity index (χ0v) is 10.9. The smallest absolute Gasteiger partial charge is 0.161 e. The molecule has 98 valence electrons. The molecule has 1 heterocycles. The Morgan fingerprint density at radius 1 is 1.47 bits per heavy atom. The molecule has 0 aliphatic heterocycles. The van der Waals surface area contributed by atoms with Crippen molar-refractivity contribution < 1.29 is 9.47 Å². The Morgan fingerprint density at radius 3 is 2.65 bits per heavy atom. The Balaban J connectivity index is 3.01. The van der Waals surface area contributed by atoms with E-state index in [4.69, 9.17) is 15.3 Å². The van der Waals surface area contributed by atoms with Gasteiger partial charge in [0.2, 0.25) is 0 Å². The fourth-order valence-corrected chi connectivity index (χ4v) is 1.79. The van der Waals surface area contributed by atoms with Gasteiger partial charge in [-0.2, -0.15) is 5.10 Å². The van der Waals surface area contributed by atoms with E-state index in [1.54, 1.807) is 20.4 Å². The molecule has 0 saturated carbocycles. The molecular formula is C11H22N4O2. The number of nitrogens with one attached hydrogen (secondary N) is 1. The molecule has 17 heavy (non-hydrogen) atoms. The van der Waals surface area contributed by atoms with Gasteiger partial charge in [-0.05, 0) is 20.3 Å². The van der Waals surface area contributed by atoms with E-state index in [1.807, 2.05) is 4.68 Å². The molecule has 0 bridgehead atoms. The van der Waals surface area contributed by atoms with E-state index in [0.29, 0.717) is 6.61 Å². The van der Waals surface area contributed by atoms with E-state index in [1.165, 1.54) is 0 Å². The number of nitrogens with two attached hydrogens (primary N) is 1. The van der Waals surface area contributed by atoms with Gasteiger partial charge in [0, 0.05) is 19.8 Å². The fraction of sp³-hybridized carbons (Fsp3) is 0.727. The monoisotopic (exact) mass is 242 g/mol. The Morgan fingerprint density at radius 2 is 2.18 bits per heavy atom. The lowest BCUT2D eigenvalue weighted by Gasteiger charge is -2.20. The average Bonchev–Trinajstić information content (AvgIpc) is 2.74. The minimum absolute atomic E-state index is 0.0326. The quantitative estimate of drug-likeness (QED) is 0.551. The van der Waals surface area contributed by atoms with Crippen molar-refractivity contribution in [3.8, 4) is 5.75 Å². The maximum atomic E-state index is 5.60. The molecule has 1 aromatic rings. The third kappa shape index (κ3) is 3.18. The summed E-state index contributed by atoms with van der Waals surface area (Å²) in [5, 5.41) is 4.32. The number of aromatic nitrogens is 2. The molecule has 1 aromatic heterocycles. The zero-order chi connectivity index (χ0) is 12.8. The molecule has 0 aliphatic carbocycles. The number of hydrogen-bond acceptors (Lipinski definition) is 5. The van der Waals surface area contributed by atoms with Gasteiger partial charge in [0.1, 0.15) is 0 Å². The van der Waals surface area contributed by atoms with Crippen molar-refractivity contribution >= 4 is 0 Å². The molecule has 3 N–H and O–H groups in total. The molecule has 6 heteroatoms. The summed E-state index contributed by atoms with van der Waals surface area (Å²) >= 11 is 0. The third-order valence-corrected chi connectivity index (χ3v) is 2.65. The lowest BCUT2D eigenvalue weighted by Crippen LogP contribution is -2.31. The number of hydrazine groups is 1. The maximum absolute atomic E-state index is 5.60. The van der Waals surface area contributed by atoms with Crippen LogP contribution in [-0.2, 0) is 4.74 Å².